The Bertz CT molecular complexity index is 894. The number of ether oxygens (including phenoxy) is 4. The van der Waals surface area contributed by atoms with E-state index in [0.717, 1.165) is 6.29 Å². The largest absolute Gasteiger partial charge is 0.468 e. The molecule has 186 valence electrons. The normalized spacial score (nSPS) is 38.5. The molecule has 1 saturated heterocycles. The van der Waals surface area contributed by atoms with Crippen molar-refractivity contribution in [3.63, 3.8) is 0 Å². The molecule has 9 nitrogen and oxygen atoms in total. The van der Waals surface area contributed by atoms with E-state index in [4.69, 9.17) is 18.9 Å². The van der Waals surface area contributed by atoms with Gasteiger partial charge in [0, 0.05) is 24.7 Å². The van der Waals surface area contributed by atoms with Gasteiger partial charge in [0.25, 0.3) is 0 Å². The minimum Gasteiger partial charge on any atom is -0.468 e. The minimum atomic E-state index is -1.83. The Balaban J connectivity index is 2.01. The van der Waals surface area contributed by atoms with Crippen LogP contribution in [0.5, 0.6) is 0 Å². The molecular weight excluding hydrogens is 444 g/mol. The zero-order chi connectivity index (χ0) is 24.7. The van der Waals surface area contributed by atoms with Gasteiger partial charge in [0.1, 0.15) is 24.2 Å². The van der Waals surface area contributed by atoms with Crippen LogP contribution in [-0.4, -0.2) is 62.5 Å². The Morgan fingerprint density at radius 2 is 1.91 bits per heavy atom. The van der Waals surface area contributed by atoms with Crippen LogP contribution in [-0.2, 0) is 42.9 Å². The lowest BCUT2D eigenvalue weighted by molar-refractivity contribution is -0.276. The number of ketones is 2. The summed E-state index contributed by atoms with van der Waals surface area (Å²) in [4.78, 5) is 66.9. The van der Waals surface area contributed by atoms with Gasteiger partial charge in [-0.2, -0.15) is 0 Å². The molecule has 4 aliphatic rings. The third kappa shape index (κ3) is 3.16. The molecule has 3 aliphatic carbocycles. The number of carbonyl (C=O) groups is 5. The summed E-state index contributed by atoms with van der Waals surface area (Å²) in [5.41, 5.74) is -3.12. The van der Waals surface area contributed by atoms with Crippen molar-refractivity contribution in [1.29, 1.82) is 0 Å². The highest BCUT2D eigenvalue weighted by Crippen LogP contribution is 2.68. The molecule has 4 fully saturated rings. The van der Waals surface area contributed by atoms with Crippen LogP contribution in [0.3, 0.4) is 0 Å². The Kier molecular flexibility index (Phi) is 6.54. The second-order valence-electron chi connectivity index (χ2n) is 9.90. The summed E-state index contributed by atoms with van der Waals surface area (Å²) >= 11 is 0. The standard InChI is InChI=1S/C25H32O9/c1-4-12-32-21(29)18-19-24(33-13-14-34-24)10-8-17(27)25(19,22(30)31-3)16-7-5-6-15(9-11-26)23(16,2)20(18)28/h4,11,15-16,18-19H,1,5-10,12-14H2,2-3H3/t15-,16+,18?,19-,23-,25-/m1/s1. The number of Topliss-reactive ketones (excluding diaryl/α,β-unsaturated/α-hetero) is 2. The molecule has 0 aromatic heterocycles. The Morgan fingerprint density at radius 3 is 2.53 bits per heavy atom. The second kappa shape index (κ2) is 9.00. The maximum absolute atomic E-state index is 14.3. The van der Waals surface area contributed by atoms with Gasteiger partial charge < -0.3 is 23.7 Å². The quantitative estimate of drug-likeness (QED) is 0.244. The van der Waals surface area contributed by atoms with Gasteiger partial charge in [-0.1, -0.05) is 26.0 Å². The van der Waals surface area contributed by atoms with Gasteiger partial charge in [-0.05, 0) is 24.7 Å². The summed E-state index contributed by atoms with van der Waals surface area (Å²) in [6.45, 7) is 5.52. The zero-order valence-electron chi connectivity index (χ0n) is 19.7. The van der Waals surface area contributed by atoms with Crippen molar-refractivity contribution in [2.45, 2.75) is 51.2 Å². The summed E-state index contributed by atoms with van der Waals surface area (Å²) in [6, 6.07) is 0. The number of methoxy groups -OCH3 is 1. The molecule has 0 aromatic rings. The Hall–Kier alpha value is -2.39. The van der Waals surface area contributed by atoms with Crippen molar-refractivity contribution in [2.75, 3.05) is 26.9 Å². The lowest BCUT2D eigenvalue weighted by Gasteiger charge is -2.63. The SMILES string of the molecule is C=CCOC(=O)C1C(=O)[C@]2(C)[C@@H](CC=O)CCC[C@@H]2[C@@]2(C(=O)OC)C(=O)CCC3(OCCO3)[C@@H]12. The number of fused-ring (bicyclic) bond motifs is 4. The molecule has 6 atom stereocenters. The molecule has 0 radical (unpaired) electrons. The van der Waals surface area contributed by atoms with E-state index < -0.39 is 58.0 Å². The van der Waals surface area contributed by atoms with Gasteiger partial charge in [-0.3, -0.25) is 19.2 Å². The molecule has 1 aliphatic heterocycles. The van der Waals surface area contributed by atoms with E-state index in [9.17, 15) is 24.0 Å². The molecule has 9 heteroatoms. The van der Waals surface area contributed by atoms with Crippen LogP contribution in [0.1, 0.15) is 45.4 Å². The van der Waals surface area contributed by atoms with E-state index in [-0.39, 0.29) is 44.9 Å². The second-order valence-corrected chi connectivity index (χ2v) is 9.90. The number of hydrogen-bond donors (Lipinski definition) is 0. The fraction of sp³-hybridized carbons (Fsp3) is 0.720. The average molecular weight is 477 g/mol. The van der Waals surface area contributed by atoms with Crippen molar-refractivity contribution >= 4 is 29.8 Å². The van der Waals surface area contributed by atoms with Crippen LogP contribution in [0.25, 0.3) is 0 Å². The molecule has 0 aromatic carbocycles. The van der Waals surface area contributed by atoms with Gasteiger partial charge >= 0.3 is 11.9 Å². The molecule has 0 bridgehead atoms. The predicted octanol–water partition coefficient (Wildman–Crippen LogP) is 1.81. The van der Waals surface area contributed by atoms with Crippen LogP contribution in [0.15, 0.2) is 12.7 Å². The van der Waals surface area contributed by atoms with E-state index in [2.05, 4.69) is 6.58 Å². The van der Waals surface area contributed by atoms with Crippen molar-refractivity contribution in [3.8, 4) is 0 Å². The molecule has 3 saturated carbocycles. The van der Waals surface area contributed by atoms with E-state index in [1.165, 1.54) is 13.2 Å². The Labute approximate surface area is 198 Å². The molecule has 1 heterocycles. The van der Waals surface area contributed by atoms with Crippen molar-refractivity contribution in [2.24, 2.45) is 34.5 Å². The summed E-state index contributed by atoms with van der Waals surface area (Å²) in [5.74, 6) is -7.83. The first kappa shape index (κ1) is 24.7. The van der Waals surface area contributed by atoms with E-state index >= 15 is 0 Å². The first-order valence-electron chi connectivity index (χ1n) is 11.9. The highest BCUT2D eigenvalue weighted by Gasteiger charge is 2.79. The van der Waals surface area contributed by atoms with Crippen LogP contribution >= 0.6 is 0 Å². The first-order valence-corrected chi connectivity index (χ1v) is 11.9. The average Bonchev–Trinajstić information content (AvgIpc) is 3.30. The summed E-state index contributed by atoms with van der Waals surface area (Å²) in [7, 11) is 1.20. The summed E-state index contributed by atoms with van der Waals surface area (Å²) in [5, 5.41) is 0. The van der Waals surface area contributed by atoms with Crippen molar-refractivity contribution < 1.29 is 42.9 Å². The number of esters is 2. The van der Waals surface area contributed by atoms with Crippen molar-refractivity contribution in [3.05, 3.63) is 12.7 Å². The third-order valence-corrected chi connectivity index (χ3v) is 8.72. The van der Waals surface area contributed by atoms with Gasteiger partial charge in [-0.25, -0.2) is 0 Å². The molecule has 1 spiro atoms. The first-order chi connectivity index (χ1) is 16.3. The van der Waals surface area contributed by atoms with Crippen LogP contribution in [0.2, 0.25) is 0 Å². The van der Waals surface area contributed by atoms with E-state index in [1.54, 1.807) is 6.92 Å². The Morgan fingerprint density at radius 1 is 1.21 bits per heavy atom. The monoisotopic (exact) mass is 476 g/mol. The lowest BCUT2D eigenvalue weighted by atomic mass is 9.38. The molecule has 1 unspecified atom stereocenters. The van der Waals surface area contributed by atoms with Gasteiger partial charge in [-0.15, -0.1) is 0 Å². The molecule has 4 rings (SSSR count). The molecule has 34 heavy (non-hydrogen) atoms. The van der Waals surface area contributed by atoms with Gasteiger partial charge in [0.05, 0.1) is 26.2 Å². The topological polar surface area (TPSA) is 122 Å². The number of aldehydes is 1. The fourth-order valence-electron chi connectivity index (χ4n) is 7.41. The fourth-order valence-corrected chi connectivity index (χ4v) is 7.41. The predicted molar refractivity (Wildman–Crippen MR) is 116 cm³/mol. The van der Waals surface area contributed by atoms with E-state index in [0.29, 0.717) is 19.3 Å². The lowest BCUT2D eigenvalue weighted by Crippen LogP contribution is -2.75. The molecular formula is C25H32O9. The maximum Gasteiger partial charge on any atom is 0.320 e. The molecule has 0 N–H and O–H groups in total. The number of rotatable bonds is 6. The highest BCUT2D eigenvalue weighted by molar-refractivity contribution is 6.12. The smallest absolute Gasteiger partial charge is 0.320 e. The maximum atomic E-state index is 14.3. The van der Waals surface area contributed by atoms with Crippen LogP contribution < -0.4 is 0 Å². The number of carbonyl (C=O) groups excluding carboxylic acids is 5. The summed E-state index contributed by atoms with van der Waals surface area (Å²) in [6.07, 6.45) is 3.92. The minimum absolute atomic E-state index is 0.0147. The summed E-state index contributed by atoms with van der Waals surface area (Å²) < 4.78 is 22.6. The van der Waals surface area contributed by atoms with Gasteiger partial charge in [0.2, 0.25) is 0 Å². The number of hydrogen-bond acceptors (Lipinski definition) is 9. The van der Waals surface area contributed by atoms with Crippen molar-refractivity contribution in [1.82, 2.24) is 0 Å². The van der Waals surface area contributed by atoms with E-state index in [1.807, 2.05) is 0 Å². The van der Waals surface area contributed by atoms with Crippen LogP contribution in [0, 0.1) is 34.5 Å². The van der Waals surface area contributed by atoms with Crippen LogP contribution in [0.4, 0.5) is 0 Å². The zero-order valence-corrected chi connectivity index (χ0v) is 19.7. The van der Waals surface area contributed by atoms with Gasteiger partial charge in [0.15, 0.2) is 17.4 Å². The highest BCUT2D eigenvalue weighted by atomic mass is 16.7. The third-order valence-electron chi connectivity index (χ3n) is 8.72. The molecule has 0 amide bonds.